The molecule has 0 saturated heterocycles. The van der Waals surface area contributed by atoms with Gasteiger partial charge in [-0.1, -0.05) is 0 Å². The van der Waals surface area contributed by atoms with E-state index in [2.05, 4.69) is 10.4 Å². The van der Waals surface area contributed by atoms with E-state index in [0.29, 0.717) is 4.90 Å². The molecule has 1 aromatic heterocycles. The summed E-state index contributed by atoms with van der Waals surface area (Å²) < 4.78 is 6.51. The minimum absolute atomic E-state index is 0.00865. The third-order valence-corrected chi connectivity index (χ3v) is 2.97. The summed E-state index contributed by atoms with van der Waals surface area (Å²) in [5.74, 6) is -0.728. The Hall–Kier alpha value is -2.58. The summed E-state index contributed by atoms with van der Waals surface area (Å²) >= 11 is 0. The van der Waals surface area contributed by atoms with Gasteiger partial charge in [0.1, 0.15) is 5.60 Å². The van der Waals surface area contributed by atoms with Gasteiger partial charge in [-0.15, -0.1) is 0 Å². The molecular weight excluding hydrogens is 292 g/mol. The molecule has 0 unspecified atom stereocenters. The van der Waals surface area contributed by atoms with E-state index in [-0.39, 0.29) is 24.0 Å². The van der Waals surface area contributed by atoms with E-state index in [0.717, 1.165) is 0 Å². The molecule has 0 radical (unpaired) electrons. The number of carbonyl (C=O) groups is 3. The molecule has 0 aromatic carbocycles. The van der Waals surface area contributed by atoms with Crippen molar-refractivity contribution in [1.82, 2.24) is 14.7 Å². The van der Waals surface area contributed by atoms with Crippen LogP contribution in [0.4, 0.5) is 15.3 Å². The second kappa shape index (κ2) is 5.32. The van der Waals surface area contributed by atoms with Gasteiger partial charge in [0.15, 0.2) is 5.69 Å². The summed E-state index contributed by atoms with van der Waals surface area (Å²) in [7, 11) is 0. The van der Waals surface area contributed by atoms with Crippen LogP contribution in [0.1, 0.15) is 44.2 Å². The number of hydrogen-bond donors (Lipinski definition) is 2. The van der Waals surface area contributed by atoms with Crippen molar-refractivity contribution in [2.75, 3.05) is 11.9 Å². The topological polar surface area (TPSA) is 114 Å². The minimum Gasteiger partial charge on any atom is -0.465 e. The number of fused-ring (bicyclic) bond motifs is 1. The highest BCUT2D eigenvalue weighted by Crippen LogP contribution is 2.26. The van der Waals surface area contributed by atoms with Crippen molar-refractivity contribution in [3.63, 3.8) is 0 Å². The Labute approximate surface area is 126 Å². The molecule has 2 heterocycles. The first-order valence-electron chi connectivity index (χ1n) is 6.72. The standard InChI is InChI=1S/C13H18N4O5/c1-7-6-16(12(20)21)10(18)9-8(5-14-17(7)9)15-11(19)22-13(2,3)4/h5,7H,6H2,1-4H3,(H,15,19)(H,20,21)/t7-/m1/s1. The number of carboxylic acid groups (broad SMARTS) is 1. The predicted octanol–water partition coefficient (Wildman–Crippen LogP) is 1.92. The number of carbonyl (C=O) groups excluding carboxylic acids is 2. The molecule has 1 aliphatic heterocycles. The number of rotatable bonds is 1. The quantitative estimate of drug-likeness (QED) is 0.819. The fourth-order valence-corrected chi connectivity index (χ4v) is 2.13. The number of amides is 3. The number of nitrogens with zero attached hydrogens (tertiary/aromatic N) is 3. The molecule has 120 valence electrons. The summed E-state index contributed by atoms with van der Waals surface area (Å²) in [4.78, 5) is 35.9. The first-order chi connectivity index (χ1) is 10.1. The lowest BCUT2D eigenvalue weighted by Crippen LogP contribution is -2.45. The molecule has 0 spiro atoms. The zero-order chi connectivity index (χ0) is 16.7. The first-order valence-corrected chi connectivity index (χ1v) is 6.72. The fourth-order valence-electron chi connectivity index (χ4n) is 2.13. The van der Waals surface area contributed by atoms with Crippen molar-refractivity contribution < 1.29 is 24.2 Å². The molecule has 0 bridgehead atoms. The highest BCUT2D eigenvalue weighted by atomic mass is 16.6. The monoisotopic (exact) mass is 310 g/mol. The van der Waals surface area contributed by atoms with E-state index in [1.807, 2.05) is 0 Å². The summed E-state index contributed by atoms with van der Waals surface area (Å²) in [5, 5.41) is 15.5. The molecule has 1 aromatic rings. The largest absolute Gasteiger partial charge is 0.465 e. The van der Waals surface area contributed by atoms with Crippen molar-refractivity contribution >= 4 is 23.8 Å². The Kier molecular flexibility index (Phi) is 3.82. The first kappa shape index (κ1) is 15.8. The number of ether oxygens (including phenoxy) is 1. The van der Waals surface area contributed by atoms with E-state index in [1.54, 1.807) is 27.7 Å². The van der Waals surface area contributed by atoms with Crippen molar-refractivity contribution in [2.45, 2.75) is 39.3 Å². The third-order valence-electron chi connectivity index (χ3n) is 2.97. The Morgan fingerprint density at radius 1 is 1.45 bits per heavy atom. The van der Waals surface area contributed by atoms with Gasteiger partial charge in [-0.05, 0) is 27.7 Å². The highest BCUT2D eigenvalue weighted by molar-refractivity contribution is 6.07. The number of imide groups is 1. The Balaban J connectivity index is 2.29. The minimum atomic E-state index is -1.34. The number of nitrogens with one attached hydrogen (secondary N) is 1. The smallest absolute Gasteiger partial charge is 0.414 e. The van der Waals surface area contributed by atoms with Crippen LogP contribution < -0.4 is 5.32 Å². The summed E-state index contributed by atoms with van der Waals surface area (Å²) in [5.41, 5.74) is -0.550. The average molecular weight is 310 g/mol. The number of hydrogen-bond acceptors (Lipinski definition) is 5. The van der Waals surface area contributed by atoms with Gasteiger partial charge >= 0.3 is 12.2 Å². The SMILES string of the molecule is C[C@@H]1CN(C(=O)O)C(=O)c2c(NC(=O)OC(C)(C)C)cnn21. The average Bonchev–Trinajstić information content (AvgIpc) is 2.75. The third kappa shape index (κ3) is 3.02. The summed E-state index contributed by atoms with van der Waals surface area (Å²) in [6.07, 6.45) is -0.775. The van der Waals surface area contributed by atoms with Crippen LogP contribution in [0, 0.1) is 0 Å². The van der Waals surface area contributed by atoms with Crippen LogP contribution in [0.3, 0.4) is 0 Å². The van der Waals surface area contributed by atoms with Crippen LogP contribution in [-0.4, -0.2) is 50.0 Å². The maximum absolute atomic E-state index is 12.2. The van der Waals surface area contributed by atoms with Gasteiger partial charge < -0.3 is 9.84 Å². The van der Waals surface area contributed by atoms with Gasteiger partial charge in [-0.3, -0.25) is 14.8 Å². The zero-order valence-electron chi connectivity index (χ0n) is 12.8. The van der Waals surface area contributed by atoms with Crippen molar-refractivity contribution in [1.29, 1.82) is 0 Å². The van der Waals surface area contributed by atoms with Crippen LogP contribution in [-0.2, 0) is 4.74 Å². The molecule has 9 nitrogen and oxygen atoms in total. The molecule has 0 aliphatic carbocycles. The van der Waals surface area contributed by atoms with E-state index in [4.69, 9.17) is 9.84 Å². The zero-order valence-corrected chi connectivity index (χ0v) is 12.8. The summed E-state index contributed by atoms with van der Waals surface area (Å²) in [6, 6.07) is -0.321. The van der Waals surface area contributed by atoms with E-state index >= 15 is 0 Å². The van der Waals surface area contributed by atoms with Gasteiger partial charge in [-0.25, -0.2) is 14.5 Å². The lowest BCUT2D eigenvalue weighted by atomic mass is 10.2. The van der Waals surface area contributed by atoms with Gasteiger partial charge in [0, 0.05) is 0 Å². The highest BCUT2D eigenvalue weighted by Gasteiger charge is 2.36. The lowest BCUT2D eigenvalue weighted by molar-refractivity contribution is 0.0636. The molecule has 0 saturated carbocycles. The van der Waals surface area contributed by atoms with E-state index in [9.17, 15) is 14.4 Å². The second-order valence-electron chi connectivity index (χ2n) is 6.03. The Morgan fingerprint density at radius 2 is 2.09 bits per heavy atom. The molecule has 2 N–H and O–H groups in total. The van der Waals surface area contributed by atoms with Crippen molar-refractivity contribution in [2.24, 2.45) is 0 Å². The normalized spacial score (nSPS) is 17.9. The maximum Gasteiger partial charge on any atom is 0.414 e. The van der Waals surface area contributed by atoms with E-state index in [1.165, 1.54) is 10.9 Å². The van der Waals surface area contributed by atoms with Crippen LogP contribution in [0.2, 0.25) is 0 Å². The van der Waals surface area contributed by atoms with Crippen molar-refractivity contribution in [3.05, 3.63) is 11.9 Å². The Morgan fingerprint density at radius 3 is 2.64 bits per heavy atom. The second-order valence-corrected chi connectivity index (χ2v) is 6.03. The van der Waals surface area contributed by atoms with Gasteiger partial charge in [0.05, 0.1) is 24.5 Å². The van der Waals surface area contributed by atoms with Gasteiger partial charge in [0.2, 0.25) is 0 Å². The Bertz CT molecular complexity index is 631. The lowest BCUT2D eigenvalue weighted by Gasteiger charge is -2.28. The molecule has 1 atom stereocenters. The molecule has 0 fully saturated rings. The summed E-state index contributed by atoms with van der Waals surface area (Å²) in [6.45, 7) is 6.86. The maximum atomic E-state index is 12.2. The van der Waals surface area contributed by atoms with E-state index < -0.39 is 23.7 Å². The van der Waals surface area contributed by atoms with Crippen LogP contribution >= 0.6 is 0 Å². The van der Waals surface area contributed by atoms with Crippen LogP contribution in [0.15, 0.2) is 6.20 Å². The molecule has 22 heavy (non-hydrogen) atoms. The molecule has 3 amide bonds. The van der Waals surface area contributed by atoms with Crippen LogP contribution in [0.25, 0.3) is 0 Å². The van der Waals surface area contributed by atoms with Gasteiger partial charge in [0.25, 0.3) is 5.91 Å². The predicted molar refractivity (Wildman–Crippen MR) is 75.9 cm³/mol. The molecule has 2 rings (SSSR count). The molecule has 9 heteroatoms. The molecule has 1 aliphatic rings. The van der Waals surface area contributed by atoms with Crippen LogP contribution in [0.5, 0.6) is 0 Å². The molecular formula is C13H18N4O5. The van der Waals surface area contributed by atoms with Gasteiger partial charge in [-0.2, -0.15) is 5.10 Å². The fraction of sp³-hybridized carbons (Fsp3) is 0.538. The number of anilines is 1. The number of aromatic nitrogens is 2. The van der Waals surface area contributed by atoms with Crippen molar-refractivity contribution in [3.8, 4) is 0 Å².